The van der Waals surface area contributed by atoms with E-state index in [1.54, 1.807) is 12.5 Å². The fourth-order valence-corrected chi connectivity index (χ4v) is 6.42. The number of carboxylic acid groups (broad SMARTS) is 1. The van der Waals surface area contributed by atoms with Gasteiger partial charge in [0, 0.05) is 46.7 Å². The molecule has 0 aliphatic carbocycles. The molecule has 0 aliphatic heterocycles. The van der Waals surface area contributed by atoms with E-state index in [0.29, 0.717) is 10.6 Å². The number of imidazole rings is 1. The second kappa shape index (κ2) is 10.6. The molecule has 0 aliphatic rings. The Hall–Kier alpha value is -4.11. The molecular formula is C33H29ClN4O3S. The molecule has 3 heterocycles. The number of carboxylic acids is 1. The number of fused-ring (bicyclic) bond motifs is 2. The largest absolute Gasteiger partial charge is 0.479 e. The lowest BCUT2D eigenvalue weighted by atomic mass is 9.91. The lowest BCUT2D eigenvalue weighted by molar-refractivity contribution is -0.160. The number of nitrogens with zero attached hydrogens (tertiary/aromatic N) is 4. The molecule has 0 fully saturated rings. The molecule has 1 N–H and O–H groups in total. The lowest BCUT2D eigenvalue weighted by Crippen LogP contribution is -2.28. The summed E-state index contributed by atoms with van der Waals surface area (Å²) in [5.74, 6) is -1.05. The number of benzene rings is 3. The number of ether oxygens (including phenoxy) is 1. The minimum Gasteiger partial charge on any atom is -0.479 e. The van der Waals surface area contributed by atoms with Gasteiger partial charge in [-0.2, -0.15) is 0 Å². The summed E-state index contributed by atoms with van der Waals surface area (Å²) >= 11 is 7.74. The molecule has 6 rings (SSSR count). The van der Waals surface area contributed by atoms with Gasteiger partial charge in [-0.25, -0.2) is 14.8 Å². The first-order valence-corrected chi connectivity index (χ1v) is 14.7. The van der Waals surface area contributed by atoms with Crippen LogP contribution in [0.4, 0.5) is 0 Å². The van der Waals surface area contributed by atoms with Gasteiger partial charge in [0.1, 0.15) is 5.01 Å². The maximum absolute atomic E-state index is 12.6. The standard InChI is InChI=1S/C33H29ClN4O3S/c1-18-12-25-30(28(19-6-9-23(34)10-7-19)27(18)29(32(39)40)41-33(2,3)4)42-31(37-25)22-13-21(15-35-16-22)20-8-11-26-24(14-20)36-17-38(26)5/h6-17,29H,1-5H3,(H,39,40). The van der Waals surface area contributed by atoms with Gasteiger partial charge in [-0.15, -0.1) is 11.3 Å². The van der Waals surface area contributed by atoms with Gasteiger partial charge in [-0.1, -0.05) is 29.8 Å². The third-order valence-electron chi connectivity index (χ3n) is 7.06. The first-order chi connectivity index (χ1) is 20.0. The van der Waals surface area contributed by atoms with Gasteiger partial charge in [-0.05, 0) is 80.8 Å². The molecule has 6 aromatic rings. The molecule has 3 aromatic heterocycles. The summed E-state index contributed by atoms with van der Waals surface area (Å²) in [5, 5.41) is 11.7. The number of pyridine rings is 1. The average Bonchev–Trinajstić information content (AvgIpc) is 3.54. The minimum absolute atomic E-state index is 0.599. The molecule has 0 saturated heterocycles. The molecule has 212 valence electrons. The van der Waals surface area contributed by atoms with Crippen molar-refractivity contribution in [1.82, 2.24) is 19.5 Å². The van der Waals surface area contributed by atoms with Crippen LogP contribution in [0, 0.1) is 6.92 Å². The predicted molar refractivity (Wildman–Crippen MR) is 169 cm³/mol. The Bertz CT molecular complexity index is 1970. The van der Waals surface area contributed by atoms with Crippen molar-refractivity contribution in [2.24, 2.45) is 7.05 Å². The maximum atomic E-state index is 12.6. The molecule has 3 aromatic carbocycles. The minimum atomic E-state index is -1.17. The molecule has 9 heteroatoms. The molecule has 0 radical (unpaired) electrons. The zero-order chi connectivity index (χ0) is 29.8. The van der Waals surface area contributed by atoms with Crippen LogP contribution in [-0.2, 0) is 16.6 Å². The highest BCUT2D eigenvalue weighted by Gasteiger charge is 2.32. The zero-order valence-electron chi connectivity index (χ0n) is 23.8. The Labute approximate surface area is 252 Å². The molecule has 0 spiro atoms. The predicted octanol–water partition coefficient (Wildman–Crippen LogP) is 8.48. The number of aromatic nitrogens is 4. The van der Waals surface area contributed by atoms with E-state index < -0.39 is 17.7 Å². The summed E-state index contributed by atoms with van der Waals surface area (Å²) in [5.41, 5.74) is 7.95. The van der Waals surface area contributed by atoms with Crippen molar-refractivity contribution in [2.75, 3.05) is 0 Å². The molecule has 0 bridgehead atoms. The van der Waals surface area contributed by atoms with Gasteiger partial charge in [0.2, 0.25) is 0 Å². The monoisotopic (exact) mass is 596 g/mol. The molecule has 1 unspecified atom stereocenters. The van der Waals surface area contributed by atoms with E-state index in [2.05, 4.69) is 34.2 Å². The average molecular weight is 597 g/mol. The summed E-state index contributed by atoms with van der Waals surface area (Å²) in [6.07, 6.45) is 4.28. The molecular weight excluding hydrogens is 568 g/mol. The Morgan fingerprint density at radius 1 is 0.976 bits per heavy atom. The van der Waals surface area contributed by atoms with Gasteiger partial charge in [0.05, 0.1) is 33.2 Å². The van der Waals surface area contributed by atoms with Gasteiger partial charge in [0.25, 0.3) is 0 Å². The van der Waals surface area contributed by atoms with Crippen molar-refractivity contribution >= 4 is 50.2 Å². The number of thiazole rings is 1. The number of aliphatic carboxylic acids is 1. The zero-order valence-corrected chi connectivity index (χ0v) is 25.4. The Kier molecular flexibility index (Phi) is 7.09. The van der Waals surface area contributed by atoms with Crippen LogP contribution in [0.25, 0.3) is 54.1 Å². The third kappa shape index (κ3) is 5.29. The van der Waals surface area contributed by atoms with Crippen LogP contribution < -0.4 is 0 Å². The van der Waals surface area contributed by atoms with E-state index in [9.17, 15) is 9.90 Å². The molecule has 1 atom stereocenters. The molecule has 42 heavy (non-hydrogen) atoms. The number of hydrogen-bond acceptors (Lipinski definition) is 6. The molecule has 0 amide bonds. The summed E-state index contributed by atoms with van der Waals surface area (Å²) < 4.78 is 8.99. The van der Waals surface area contributed by atoms with Crippen LogP contribution in [0.2, 0.25) is 5.02 Å². The Balaban J connectivity index is 1.53. The van der Waals surface area contributed by atoms with Crippen molar-refractivity contribution in [3.63, 3.8) is 0 Å². The second-order valence-corrected chi connectivity index (χ2v) is 12.8. The van der Waals surface area contributed by atoms with Gasteiger partial charge in [0.15, 0.2) is 6.10 Å². The Morgan fingerprint density at radius 2 is 1.69 bits per heavy atom. The lowest BCUT2D eigenvalue weighted by Gasteiger charge is -2.28. The van der Waals surface area contributed by atoms with E-state index in [1.165, 1.54) is 11.3 Å². The van der Waals surface area contributed by atoms with E-state index in [4.69, 9.17) is 21.3 Å². The number of carbonyl (C=O) groups is 1. The number of rotatable bonds is 6. The number of halogens is 1. The SMILES string of the molecule is Cc1cc2nc(-c3cncc(-c4ccc5c(c4)ncn5C)c3)sc2c(-c2ccc(Cl)cc2)c1C(OC(C)(C)C)C(=O)O. The third-order valence-corrected chi connectivity index (χ3v) is 8.45. The van der Waals surface area contributed by atoms with Gasteiger partial charge in [-0.3, -0.25) is 4.98 Å². The number of hydrogen-bond donors (Lipinski definition) is 1. The highest BCUT2D eigenvalue weighted by atomic mass is 35.5. The van der Waals surface area contributed by atoms with Crippen LogP contribution in [0.3, 0.4) is 0 Å². The molecule has 0 saturated carbocycles. The van der Waals surface area contributed by atoms with Crippen LogP contribution in [-0.4, -0.2) is 36.2 Å². The summed E-state index contributed by atoms with van der Waals surface area (Å²) in [4.78, 5) is 26.7. The maximum Gasteiger partial charge on any atom is 0.337 e. The fraction of sp³-hybridized carbons (Fsp3) is 0.212. The van der Waals surface area contributed by atoms with Crippen molar-refractivity contribution in [3.8, 4) is 32.8 Å². The van der Waals surface area contributed by atoms with Crippen molar-refractivity contribution in [2.45, 2.75) is 39.4 Å². The van der Waals surface area contributed by atoms with Crippen LogP contribution in [0.1, 0.15) is 38.0 Å². The fourth-order valence-electron chi connectivity index (χ4n) is 5.19. The van der Waals surface area contributed by atoms with Crippen molar-refractivity contribution in [1.29, 1.82) is 0 Å². The summed E-state index contributed by atoms with van der Waals surface area (Å²) in [6, 6.07) is 17.6. The second-order valence-electron chi connectivity index (χ2n) is 11.3. The topological polar surface area (TPSA) is 90.1 Å². The quantitative estimate of drug-likeness (QED) is 0.207. The smallest absolute Gasteiger partial charge is 0.337 e. The highest BCUT2D eigenvalue weighted by Crippen LogP contribution is 2.44. The number of aryl methyl sites for hydroxylation is 2. The normalized spacial score (nSPS) is 12.7. The van der Waals surface area contributed by atoms with E-state index in [1.807, 2.05) is 75.8 Å². The van der Waals surface area contributed by atoms with Gasteiger partial charge >= 0.3 is 5.97 Å². The Morgan fingerprint density at radius 3 is 2.40 bits per heavy atom. The van der Waals surface area contributed by atoms with Crippen LogP contribution >= 0.6 is 22.9 Å². The summed E-state index contributed by atoms with van der Waals surface area (Å²) in [7, 11) is 1.98. The van der Waals surface area contributed by atoms with E-state index in [-0.39, 0.29) is 0 Å². The van der Waals surface area contributed by atoms with E-state index >= 15 is 0 Å². The summed E-state index contributed by atoms with van der Waals surface area (Å²) in [6.45, 7) is 7.48. The first kappa shape index (κ1) is 28.0. The van der Waals surface area contributed by atoms with E-state index in [0.717, 1.165) is 59.6 Å². The first-order valence-electron chi connectivity index (χ1n) is 13.5. The van der Waals surface area contributed by atoms with Crippen LogP contribution in [0.15, 0.2) is 73.3 Å². The van der Waals surface area contributed by atoms with Crippen LogP contribution in [0.5, 0.6) is 0 Å². The van der Waals surface area contributed by atoms with Gasteiger partial charge < -0.3 is 14.4 Å². The molecule has 7 nitrogen and oxygen atoms in total. The van der Waals surface area contributed by atoms with Crippen molar-refractivity contribution < 1.29 is 14.6 Å². The highest BCUT2D eigenvalue weighted by molar-refractivity contribution is 7.22. The van der Waals surface area contributed by atoms with Crippen molar-refractivity contribution in [3.05, 3.63) is 89.5 Å².